The van der Waals surface area contributed by atoms with E-state index in [0.29, 0.717) is 47.7 Å². The SMILES string of the molecule is CCOc1cc(OC(C)C)c(F)c(N(Cc2cccc(OCC(C)C)n2)c2ccc(C(=N)N)cc2)c1.O=C(O)C(F)(F)F.O=C(O)C(F)(F)F. The zero-order chi connectivity index (χ0) is 38.4. The highest BCUT2D eigenvalue weighted by atomic mass is 19.4. The van der Waals surface area contributed by atoms with Gasteiger partial charge in [0, 0.05) is 29.4 Å². The lowest BCUT2D eigenvalue weighted by Gasteiger charge is -2.27. The Kier molecular flexibility index (Phi) is 16.3. The second-order valence-electron chi connectivity index (χ2n) is 10.7. The van der Waals surface area contributed by atoms with Crippen LogP contribution in [0.15, 0.2) is 54.6 Å². The molecule has 18 heteroatoms. The maximum Gasteiger partial charge on any atom is 0.490 e. The van der Waals surface area contributed by atoms with E-state index in [0.717, 1.165) is 0 Å². The van der Waals surface area contributed by atoms with E-state index in [1.54, 1.807) is 41.3 Å². The molecule has 0 aliphatic heterocycles. The number of nitrogens with zero attached hydrogens (tertiary/aromatic N) is 2. The quantitative estimate of drug-likeness (QED) is 0.0844. The number of carboxylic acid groups (broad SMARTS) is 2. The maximum absolute atomic E-state index is 15.9. The predicted molar refractivity (Wildman–Crippen MR) is 169 cm³/mol. The molecular weight excluding hydrogens is 685 g/mol. The number of halogens is 7. The molecule has 0 amide bonds. The number of carboxylic acids is 2. The molecule has 3 rings (SSSR count). The van der Waals surface area contributed by atoms with Gasteiger partial charge in [-0.15, -0.1) is 0 Å². The summed E-state index contributed by atoms with van der Waals surface area (Å²) >= 11 is 0. The fourth-order valence-corrected chi connectivity index (χ4v) is 3.52. The van der Waals surface area contributed by atoms with Crippen LogP contribution in [0.1, 0.15) is 45.9 Å². The van der Waals surface area contributed by atoms with Crippen LogP contribution < -0.4 is 24.8 Å². The molecule has 1 heterocycles. The van der Waals surface area contributed by atoms with E-state index < -0.39 is 30.1 Å². The molecule has 1 aromatic heterocycles. The molecule has 0 bridgehead atoms. The molecule has 50 heavy (non-hydrogen) atoms. The van der Waals surface area contributed by atoms with Crippen LogP contribution in [0.3, 0.4) is 0 Å². The maximum atomic E-state index is 15.9. The average molecular weight is 723 g/mol. The zero-order valence-corrected chi connectivity index (χ0v) is 27.5. The lowest BCUT2D eigenvalue weighted by molar-refractivity contribution is -0.193. The van der Waals surface area contributed by atoms with E-state index in [9.17, 15) is 26.3 Å². The Morgan fingerprint density at radius 3 is 1.90 bits per heavy atom. The molecular formula is C32H37F7N4O7. The fourth-order valence-electron chi connectivity index (χ4n) is 3.52. The number of anilines is 2. The van der Waals surface area contributed by atoms with Crippen molar-refractivity contribution in [3.8, 4) is 17.4 Å². The lowest BCUT2D eigenvalue weighted by atomic mass is 10.1. The van der Waals surface area contributed by atoms with Crippen molar-refractivity contribution < 1.29 is 64.7 Å². The smallest absolute Gasteiger partial charge is 0.490 e. The summed E-state index contributed by atoms with van der Waals surface area (Å²) in [6.45, 7) is 10.9. The molecule has 11 nitrogen and oxygen atoms in total. The van der Waals surface area contributed by atoms with E-state index in [1.807, 2.05) is 39.0 Å². The number of hydrogen-bond acceptors (Lipinski definition) is 8. The Bertz CT molecular complexity index is 1540. The van der Waals surface area contributed by atoms with Crippen LogP contribution in [0, 0.1) is 17.1 Å². The molecule has 0 spiro atoms. The molecule has 276 valence electrons. The number of aromatic nitrogens is 1. The Labute approximate surface area is 282 Å². The van der Waals surface area contributed by atoms with Crippen LogP contribution in [0.5, 0.6) is 17.4 Å². The second-order valence-corrected chi connectivity index (χ2v) is 10.7. The van der Waals surface area contributed by atoms with Crippen LogP contribution in [0.25, 0.3) is 0 Å². The van der Waals surface area contributed by atoms with Crippen LogP contribution >= 0.6 is 0 Å². The number of carbonyl (C=O) groups is 2. The molecule has 0 saturated heterocycles. The molecule has 0 atom stereocenters. The van der Waals surface area contributed by atoms with Gasteiger partial charge in [0.1, 0.15) is 11.6 Å². The highest BCUT2D eigenvalue weighted by molar-refractivity contribution is 5.95. The van der Waals surface area contributed by atoms with E-state index in [2.05, 4.69) is 18.8 Å². The first-order valence-electron chi connectivity index (χ1n) is 14.6. The Hall–Kier alpha value is -5.29. The molecule has 0 unspecified atom stereocenters. The fraction of sp³-hybridized carbons (Fsp3) is 0.375. The Morgan fingerprint density at radius 1 is 0.920 bits per heavy atom. The van der Waals surface area contributed by atoms with Crippen molar-refractivity contribution in [2.75, 3.05) is 18.1 Å². The number of rotatable bonds is 12. The number of nitrogens with one attached hydrogen (secondary N) is 1. The van der Waals surface area contributed by atoms with E-state index >= 15 is 4.39 Å². The molecule has 0 saturated carbocycles. The topological polar surface area (TPSA) is 168 Å². The number of alkyl halides is 6. The van der Waals surface area contributed by atoms with Gasteiger partial charge in [-0.25, -0.2) is 19.0 Å². The van der Waals surface area contributed by atoms with E-state index in [1.165, 1.54) is 0 Å². The summed E-state index contributed by atoms with van der Waals surface area (Å²) in [5.74, 6) is -4.57. The highest BCUT2D eigenvalue weighted by Gasteiger charge is 2.38. The van der Waals surface area contributed by atoms with Crippen molar-refractivity contribution in [3.05, 3.63) is 71.7 Å². The second kappa shape index (κ2) is 19.0. The van der Waals surface area contributed by atoms with Gasteiger partial charge in [-0.05, 0) is 57.0 Å². The highest BCUT2D eigenvalue weighted by Crippen LogP contribution is 2.38. The van der Waals surface area contributed by atoms with Crippen LogP contribution in [-0.2, 0) is 16.1 Å². The van der Waals surface area contributed by atoms with Crippen LogP contribution in [0.2, 0.25) is 0 Å². The molecule has 0 fully saturated rings. The third-order valence-corrected chi connectivity index (χ3v) is 5.60. The van der Waals surface area contributed by atoms with Gasteiger partial charge in [0.15, 0.2) is 11.6 Å². The van der Waals surface area contributed by atoms with Crippen molar-refractivity contribution >= 4 is 29.1 Å². The van der Waals surface area contributed by atoms with Crippen molar-refractivity contribution in [2.45, 2.75) is 59.6 Å². The number of aliphatic carboxylic acids is 2. The van der Waals surface area contributed by atoms with Crippen LogP contribution in [-0.4, -0.2) is 64.6 Å². The summed E-state index contributed by atoms with van der Waals surface area (Å²) in [5, 5.41) is 21.9. The number of nitrogens with two attached hydrogens (primary N) is 1. The largest absolute Gasteiger partial charge is 0.494 e. The molecule has 5 N–H and O–H groups in total. The lowest BCUT2D eigenvalue weighted by Crippen LogP contribution is -2.21. The minimum atomic E-state index is -5.08. The zero-order valence-electron chi connectivity index (χ0n) is 27.5. The summed E-state index contributed by atoms with van der Waals surface area (Å²) in [5.41, 5.74) is 7.88. The Morgan fingerprint density at radius 2 is 1.46 bits per heavy atom. The van der Waals surface area contributed by atoms with Gasteiger partial charge in [-0.2, -0.15) is 26.3 Å². The minimum absolute atomic E-state index is 0.0399. The molecule has 2 aromatic carbocycles. The normalized spacial score (nSPS) is 11.1. The first-order valence-corrected chi connectivity index (χ1v) is 14.6. The monoisotopic (exact) mass is 722 g/mol. The first-order chi connectivity index (χ1) is 23.1. The van der Waals surface area contributed by atoms with Gasteiger partial charge in [0.05, 0.1) is 37.2 Å². The van der Waals surface area contributed by atoms with Gasteiger partial charge >= 0.3 is 24.3 Å². The van der Waals surface area contributed by atoms with Gasteiger partial charge in [0.2, 0.25) is 5.88 Å². The van der Waals surface area contributed by atoms with Gasteiger partial charge < -0.3 is 35.1 Å². The molecule has 0 aliphatic carbocycles. The number of pyridine rings is 1. The Balaban J connectivity index is 0.000000748. The molecule has 3 aromatic rings. The molecule has 0 radical (unpaired) electrons. The third-order valence-electron chi connectivity index (χ3n) is 5.60. The number of amidine groups is 1. The standard InChI is InChI=1S/C28H35FN4O3.2C2HF3O2/c1-6-34-23-14-24(27(29)25(15-23)36-19(4)5)33(22-12-10-20(11-13-22)28(30)31)16-21-8-7-9-26(32-21)35-17-18(2)3;2*3-2(4,5)1(6)7/h7-15,18-19H,6,16-17H2,1-5H3,(H3,30,31);2*(H,6,7). The summed E-state index contributed by atoms with van der Waals surface area (Å²) in [6, 6.07) is 15.8. The number of benzene rings is 2. The van der Waals surface area contributed by atoms with E-state index in [4.69, 9.17) is 45.2 Å². The van der Waals surface area contributed by atoms with Crippen LogP contribution in [0.4, 0.5) is 42.1 Å². The summed E-state index contributed by atoms with van der Waals surface area (Å²) in [4.78, 5) is 24.2. The molecule has 0 aliphatic rings. The number of hydrogen-bond donors (Lipinski definition) is 4. The summed E-state index contributed by atoms with van der Waals surface area (Å²) in [6.07, 6.45) is -10.4. The predicted octanol–water partition coefficient (Wildman–Crippen LogP) is 7.33. The number of ether oxygens (including phenoxy) is 3. The van der Waals surface area contributed by atoms with Crippen molar-refractivity contribution in [2.24, 2.45) is 11.7 Å². The summed E-state index contributed by atoms with van der Waals surface area (Å²) < 4.78 is 96.6. The minimum Gasteiger partial charge on any atom is -0.494 e. The van der Waals surface area contributed by atoms with Crippen molar-refractivity contribution in [3.63, 3.8) is 0 Å². The van der Waals surface area contributed by atoms with Gasteiger partial charge in [0.25, 0.3) is 0 Å². The van der Waals surface area contributed by atoms with E-state index in [-0.39, 0.29) is 29.9 Å². The third kappa shape index (κ3) is 14.9. The van der Waals surface area contributed by atoms with Crippen molar-refractivity contribution in [1.29, 1.82) is 5.41 Å². The first kappa shape index (κ1) is 42.7. The van der Waals surface area contributed by atoms with Gasteiger partial charge in [-0.3, -0.25) is 5.41 Å². The number of nitrogen functional groups attached to an aromatic ring is 1. The van der Waals surface area contributed by atoms with Crippen molar-refractivity contribution in [1.82, 2.24) is 4.98 Å². The van der Waals surface area contributed by atoms with Gasteiger partial charge in [-0.1, -0.05) is 19.9 Å². The summed E-state index contributed by atoms with van der Waals surface area (Å²) in [7, 11) is 0. The average Bonchev–Trinajstić information content (AvgIpc) is 3.00.